The van der Waals surface area contributed by atoms with Gasteiger partial charge in [-0.15, -0.1) is 0 Å². The highest BCUT2D eigenvalue weighted by atomic mass is 16.6. The second-order valence-electron chi connectivity index (χ2n) is 6.46. The van der Waals surface area contributed by atoms with Crippen molar-refractivity contribution < 1.29 is 9.53 Å². The van der Waals surface area contributed by atoms with E-state index < -0.39 is 5.60 Å². The minimum atomic E-state index is -0.430. The fourth-order valence-corrected chi connectivity index (χ4v) is 2.33. The fraction of sp³-hybridized carbons (Fsp3) is 0.667. The van der Waals surface area contributed by atoms with E-state index in [0.29, 0.717) is 5.92 Å². The van der Waals surface area contributed by atoms with Crippen LogP contribution in [0, 0.1) is 5.92 Å². The maximum Gasteiger partial charge on any atom is 0.410 e. The van der Waals surface area contributed by atoms with Crippen molar-refractivity contribution >= 4 is 6.09 Å². The Morgan fingerprint density at radius 1 is 1.43 bits per heavy atom. The van der Waals surface area contributed by atoms with Crippen molar-refractivity contribution in [2.45, 2.75) is 39.3 Å². The molecule has 6 nitrogen and oxygen atoms in total. The number of amides is 1. The topological polar surface area (TPSA) is 67.3 Å². The molecule has 1 unspecified atom stereocenters. The predicted octanol–water partition coefficient (Wildman–Crippen LogP) is 1.82. The monoisotopic (exact) mass is 292 g/mol. The summed E-state index contributed by atoms with van der Waals surface area (Å²) in [5.74, 6) is 0.474. The average molecular weight is 292 g/mol. The zero-order valence-electron chi connectivity index (χ0n) is 13.0. The Morgan fingerprint density at radius 3 is 2.81 bits per heavy atom. The molecule has 0 saturated carbocycles. The van der Waals surface area contributed by atoms with Crippen LogP contribution in [0.2, 0.25) is 0 Å². The van der Waals surface area contributed by atoms with Gasteiger partial charge in [-0.05, 0) is 33.1 Å². The molecule has 1 saturated heterocycles. The van der Waals surface area contributed by atoms with Gasteiger partial charge in [0.25, 0.3) is 0 Å². The first-order valence-electron chi connectivity index (χ1n) is 7.36. The molecule has 2 heterocycles. The number of carbonyl (C=O) groups is 1. The van der Waals surface area contributed by atoms with Gasteiger partial charge in [0, 0.05) is 44.1 Å². The van der Waals surface area contributed by atoms with Gasteiger partial charge in [-0.2, -0.15) is 0 Å². The minimum Gasteiger partial charge on any atom is -0.444 e. The van der Waals surface area contributed by atoms with Crippen molar-refractivity contribution in [2.75, 3.05) is 19.6 Å². The van der Waals surface area contributed by atoms with Gasteiger partial charge in [-0.25, -0.2) is 14.8 Å². The molecule has 1 fully saturated rings. The quantitative estimate of drug-likeness (QED) is 0.917. The van der Waals surface area contributed by atoms with Gasteiger partial charge >= 0.3 is 6.09 Å². The summed E-state index contributed by atoms with van der Waals surface area (Å²) < 4.78 is 5.39. The number of carbonyl (C=O) groups excluding carboxylic acids is 1. The molecule has 21 heavy (non-hydrogen) atoms. The molecule has 1 aromatic heterocycles. The normalized spacial score (nSPS) is 18.8. The first kappa shape index (κ1) is 15.7. The summed E-state index contributed by atoms with van der Waals surface area (Å²) in [6, 6.07) is 0. The van der Waals surface area contributed by atoms with Crippen LogP contribution in [-0.4, -0.2) is 46.2 Å². The SMILES string of the molecule is CC(C)(C)OC(=O)N1CCC(CNCc2cncnc2)C1. The molecule has 0 bridgehead atoms. The van der Waals surface area contributed by atoms with Crippen LogP contribution < -0.4 is 5.32 Å². The molecule has 0 aliphatic carbocycles. The number of aromatic nitrogens is 2. The van der Waals surface area contributed by atoms with E-state index >= 15 is 0 Å². The molecule has 0 spiro atoms. The van der Waals surface area contributed by atoms with Crippen molar-refractivity contribution in [1.82, 2.24) is 20.2 Å². The molecule has 1 aliphatic rings. The Labute approximate surface area is 125 Å². The molecule has 1 aromatic rings. The number of hydrogen-bond acceptors (Lipinski definition) is 5. The summed E-state index contributed by atoms with van der Waals surface area (Å²) in [6.07, 6.45) is 5.95. The van der Waals surface area contributed by atoms with E-state index in [1.54, 1.807) is 4.90 Å². The van der Waals surface area contributed by atoms with E-state index in [0.717, 1.165) is 38.2 Å². The van der Waals surface area contributed by atoms with Gasteiger partial charge in [0.15, 0.2) is 0 Å². The zero-order chi connectivity index (χ0) is 15.3. The molecular formula is C15H24N4O2. The number of rotatable bonds is 4. The molecular weight excluding hydrogens is 268 g/mol. The summed E-state index contributed by atoms with van der Waals surface area (Å²) in [5.41, 5.74) is 0.639. The number of nitrogens with zero attached hydrogens (tertiary/aromatic N) is 3. The molecule has 6 heteroatoms. The molecule has 1 aliphatic heterocycles. The van der Waals surface area contributed by atoms with Crippen LogP contribution >= 0.6 is 0 Å². The Balaban J connectivity index is 1.69. The van der Waals surface area contributed by atoms with E-state index in [-0.39, 0.29) is 6.09 Å². The Morgan fingerprint density at radius 2 is 2.14 bits per heavy atom. The minimum absolute atomic E-state index is 0.207. The highest BCUT2D eigenvalue weighted by molar-refractivity contribution is 5.68. The molecule has 1 N–H and O–H groups in total. The van der Waals surface area contributed by atoms with Crippen LogP contribution in [0.15, 0.2) is 18.7 Å². The van der Waals surface area contributed by atoms with Crippen molar-refractivity contribution in [3.8, 4) is 0 Å². The zero-order valence-corrected chi connectivity index (χ0v) is 13.0. The van der Waals surface area contributed by atoms with Crippen molar-refractivity contribution in [2.24, 2.45) is 5.92 Å². The predicted molar refractivity (Wildman–Crippen MR) is 79.7 cm³/mol. The molecule has 116 valence electrons. The number of nitrogens with one attached hydrogen (secondary N) is 1. The summed E-state index contributed by atoms with van der Waals surface area (Å²) >= 11 is 0. The summed E-state index contributed by atoms with van der Waals surface area (Å²) in [4.78, 5) is 21.7. The fourth-order valence-electron chi connectivity index (χ4n) is 2.33. The van der Waals surface area contributed by atoms with Gasteiger partial charge in [0.05, 0.1) is 0 Å². The number of likely N-dealkylation sites (tertiary alicyclic amines) is 1. The lowest BCUT2D eigenvalue weighted by atomic mass is 10.1. The second-order valence-corrected chi connectivity index (χ2v) is 6.46. The van der Waals surface area contributed by atoms with Gasteiger partial charge in [-0.1, -0.05) is 0 Å². The third-order valence-electron chi connectivity index (χ3n) is 3.31. The lowest BCUT2D eigenvalue weighted by molar-refractivity contribution is 0.0288. The van der Waals surface area contributed by atoms with E-state index in [1.807, 2.05) is 33.2 Å². The highest BCUT2D eigenvalue weighted by Gasteiger charge is 2.29. The first-order chi connectivity index (χ1) is 9.94. The van der Waals surface area contributed by atoms with Gasteiger partial charge in [0.2, 0.25) is 0 Å². The average Bonchev–Trinajstić information content (AvgIpc) is 2.87. The number of ether oxygens (including phenoxy) is 1. The van der Waals surface area contributed by atoms with E-state index in [4.69, 9.17) is 4.74 Å². The first-order valence-corrected chi connectivity index (χ1v) is 7.36. The third kappa shape index (κ3) is 5.30. The summed E-state index contributed by atoms with van der Waals surface area (Å²) in [7, 11) is 0. The standard InChI is InChI=1S/C15H24N4O2/c1-15(2,3)21-14(20)19-5-4-12(10-19)6-16-7-13-8-17-11-18-9-13/h8-9,11-12,16H,4-7,10H2,1-3H3. The van der Waals surface area contributed by atoms with Crippen LogP contribution in [0.4, 0.5) is 4.79 Å². The lowest BCUT2D eigenvalue weighted by Gasteiger charge is -2.24. The second kappa shape index (κ2) is 6.85. The van der Waals surface area contributed by atoms with E-state index in [1.165, 1.54) is 6.33 Å². The molecule has 1 amide bonds. The van der Waals surface area contributed by atoms with Gasteiger partial charge in [0.1, 0.15) is 11.9 Å². The van der Waals surface area contributed by atoms with Crippen molar-refractivity contribution in [1.29, 1.82) is 0 Å². The van der Waals surface area contributed by atoms with Crippen LogP contribution in [0.3, 0.4) is 0 Å². The van der Waals surface area contributed by atoms with Crippen LogP contribution in [0.1, 0.15) is 32.8 Å². The van der Waals surface area contributed by atoms with Crippen molar-refractivity contribution in [3.63, 3.8) is 0 Å². The number of hydrogen-bond donors (Lipinski definition) is 1. The highest BCUT2D eigenvalue weighted by Crippen LogP contribution is 2.19. The Kier molecular flexibility index (Phi) is 5.12. The Hall–Kier alpha value is -1.69. The Bertz CT molecular complexity index is 458. The molecule has 0 radical (unpaired) electrons. The molecule has 2 rings (SSSR count). The lowest BCUT2D eigenvalue weighted by Crippen LogP contribution is -2.36. The summed E-state index contributed by atoms with van der Waals surface area (Å²) in [5, 5.41) is 3.39. The molecule has 0 aromatic carbocycles. The van der Waals surface area contributed by atoms with E-state index in [2.05, 4.69) is 15.3 Å². The van der Waals surface area contributed by atoms with E-state index in [9.17, 15) is 4.79 Å². The van der Waals surface area contributed by atoms with Crippen LogP contribution in [0.5, 0.6) is 0 Å². The third-order valence-corrected chi connectivity index (χ3v) is 3.31. The molecule has 1 atom stereocenters. The van der Waals surface area contributed by atoms with Gasteiger partial charge < -0.3 is 15.0 Å². The maximum absolute atomic E-state index is 12.0. The maximum atomic E-state index is 12.0. The van der Waals surface area contributed by atoms with Gasteiger partial charge in [-0.3, -0.25) is 0 Å². The smallest absolute Gasteiger partial charge is 0.410 e. The van der Waals surface area contributed by atoms with Crippen LogP contribution in [-0.2, 0) is 11.3 Å². The summed E-state index contributed by atoms with van der Waals surface area (Å²) in [6.45, 7) is 8.84. The van der Waals surface area contributed by atoms with Crippen LogP contribution in [0.25, 0.3) is 0 Å². The largest absolute Gasteiger partial charge is 0.444 e. The van der Waals surface area contributed by atoms with Crippen molar-refractivity contribution in [3.05, 3.63) is 24.3 Å².